The van der Waals surface area contributed by atoms with Crippen molar-refractivity contribution in [1.29, 1.82) is 0 Å². The largest absolute Gasteiger partial charge is 0.321 e. The van der Waals surface area contributed by atoms with E-state index in [-0.39, 0.29) is 5.91 Å². The molecule has 0 aliphatic heterocycles. The quantitative estimate of drug-likeness (QED) is 0.370. The second-order valence-electron chi connectivity index (χ2n) is 7.82. The maximum Gasteiger partial charge on any atom is 0.267 e. The number of benzene rings is 3. The number of hydrogen-bond donors (Lipinski definition) is 1. The van der Waals surface area contributed by atoms with Crippen molar-refractivity contribution in [3.8, 4) is 22.4 Å². The van der Waals surface area contributed by atoms with Gasteiger partial charge in [-0.25, -0.2) is 4.98 Å². The number of amides is 1. The first-order chi connectivity index (χ1) is 15.2. The van der Waals surface area contributed by atoms with Crippen LogP contribution < -0.4 is 5.32 Å². The lowest BCUT2D eigenvalue weighted by molar-refractivity contribution is 0.102. The fourth-order valence-electron chi connectivity index (χ4n) is 4.32. The van der Waals surface area contributed by atoms with Gasteiger partial charge in [0.15, 0.2) is 4.96 Å². The molecule has 0 bridgehead atoms. The molecule has 0 spiro atoms. The van der Waals surface area contributed by atoms with Gasteiger partial charge in [-0.1, -0.05) is 72.0 Å². The molecule has 0 atom stereocenters. The Hall–Kier alpha value is -3.70. The van der Waals surface area contributed by atoms with E-state index in [1.165, 1.54) is 33.6 Å². The average Bonchev–Trinajstić information content (AvgIpc) is 3.46. The van der Waals surface area contributed by atoms with Crippen LogP contribution in [0.25, 0.3) is 27.3 Å². The van der Waals surface area contributed by atoms with Gasteiger partial charge < -0.3 is 5.32 Å². The lowest BCUT2D eigenvalue weighted by atomic mass is 10.1. The average molecular weight is 422 g/mol. The van der Waals surface area contributed by atoms with Crippen LogP contribution in [0.1, 0.15) is 26.5 Å². The molecule has 0 saturated heterocycles. The molecule has 3 aromatic carbocycles. The Morgan fingerprint density at radius 3 is 2.58 bits per heavy atom. The van der Waals surface area contributed by atoms with Crippen LogP contribution in [0.3, 0.4) is 0 Å². The third-order valence-electron chi connectivity index (χ3n) is 5.88. The molecule has 4 nitrogen and oxygen atoms in total. The van der Waals surface area contributed by atoms with Gasteiger partial charge in [-0.3, -0.25) is 9.20 Å². The van der Waals surface area contributed by atoms with Crippen LogP contribution in [0.2, 0.25) is 0 Å². The normalized spacial score (nSPS) is 12.0. The lowest BCUT2D eigenvalue weighted by Gasteiger charge is -2.07. The monoisotopic (exact) mass is 421 g/mol. The fraction of sp³-hybridized carbons (Fsp3) is 0.0769. The minimum atomic E-state index is -0.0928. The smallest absolute Gasteiger partial charge is 0.267 e. The minimum Gasteiger partial charge on any atom is -0.321 e. The number of anilines is 1. The highest BCUT2D eigenvalue weighted by atomic mass is 32.1. The molecule has 31 heavy (non-hydrogen) atoms. The summed E-state index contributed by atoms with van der Waals surface area (Å²) in [5.74, 6) is -0.0928. The Bertz CT molecular complexity index is 1460. The summed E-state index contributed by atoms with van der Waals surface area (Å²) in [6.45, 7) is 1.97. The van der Waals surface area contributed by atoms with E-state index < -0.39 is 0 Å². The van der Waals surface area contributed by atoms with Crippen molar-refractivity contribution in [2.24, 2.45) is 0 Å². The number of nitrogens with one attached hydrogen (secondary N) is 1. The first kappa shape index (κ1) is 18.1. The van der Waals surface area contributed by atoms with Crippen molar-refractivity contribution >= 4 is 27.9 Å². The van der Waals surface area contributed by atoms with E-state index in [0.717, 1.165) is 34.0 Å². The summed E-state index contributed by atoms with van der Waals surface area (Å²) in [7, 11) is 0. The summed E-state index contributed by atoms with van der Waals surface area (Å²) >= 11 is 1.42. The Balaban J connectivity index is 1.28. The molecule has 1 N–H and O–H groups in total. The number of rotatable bonds is 3. The Kier molecular flexibility index (Phi) is 4.04. The van der Waals surface area contributed by atoms with Gasteiger partial charge in [-0.15, -0.1) is 0 Å². The predicted molar refractivity (Wildman–Crippen MR) is 126 cm³/mol. The van der Waals surface area contributed by atoms with Gasteiger partial charge in [0.25, 0.3) is 5.91 Å². The van der Waals surface area contributed by atoms with E-state index in [1.807, 2.05) is 53.9 Å². The summed E-state index contributed by atoms with van der Waals surface area (Å²) in [6, 6.07) is 24.8. The van der Waals surface area contributed by atoms with Crippen LogP contribution in [-0.2, 0) is 6.42 Å². The molecule has 6 rings (SSSR count). The first-order valence-electron chi connectivity index (χ1n) is 10.2. The molecule has 0 radical (unpaired) electrons. The maximum atomic E-state index is 13.0. The summed E-state index contributed by atoms with van der Waals surface area (Å²) < 4.78 is 2.00. The number of imidazole rings is 1. The number of aryl methyl sites for hydroxylation is 1. The van der Waals surface area contributed by atoms with Crippen molar-refractivity contribution in [3.05, 3.63) is 101 Å². The topological polar surface area (TPSA) is 46.4 Å². The summed E-state index contributed by atoms with van der Waals surface area (Å²) in [5.41, 5.74) is 8.86. The molecule has 0 fully saturated rings. The highest BCUT2D eigenvalue weighted by molar-refractivity contribution is 7.19. The van der Waals surface area contributed by atoms with E-state index in [9.17, 15) is 4.79 Å². The van der Waals surface area contributed by atoms with Gasteiger partial charge in [0, 0.05) is 23.1 Å². The molecule has 1 aliphatic carbocycles. The molecule has 0 unspecified atom stereocenters. The fourth-order valence-corrected chi connectivity index (χ4v) is 5.32. The standard InChI is InChI=1S/C26H19N3OS/c1-16-24(31-26-28-23(15-29(16)26)17-7-3-2-4-8-17)25(30)27-20-11-12-22-19(14-20)13-18-9-5-6-10-21(18)22/h2-12,14-15H,13H2,1H3,(H,27,30). The van der Waals surface area contributed by atoms with Crippen LogP contribution in [0.5, 0.6) is 0 Å². The number of carbonyl (C=O) groups is 1. The summed E-state index contributed by atoms with van der Waals surface area (Å²) in [5, 5.41) is 3.08. The molecular formula is C26H19N3OS. The second-order valence-corrected chi connectivity index (χ2v) is 8.80. The van der Waals surface area contributed by atoms with E-state index in [1.54, 1.807) is 0 Å². The molecule has 5 heteroatoms. The summed E-state index contributed by atoms with van der Waals surface area (Å²) in [6.07, 6.45) is 2.91. The van der Waals surface area contributed by atoms with Crippen LogP contribution in [0, 0.1) is 6.92 Å². The van der Waals surface area contributed by atoms with Crippen molar-refractivity contribution < 1.29 is 4.79 Å². The van der Waals surface area contributed by atoms with Crippen molar-refractivity contribution in [2.45, 2.75) is 13.3 Å². The number of carbonyl (C=O) groups excluding carboxylic acids is 1. The lowest BCUT2D eigenvalue weighted by Crippen LogP contribution is -2.12. The zero-order valence-corrected chi connectivity index (χ0v) is 17.7. The van der Waals surface area contributed by atoms with E-state index in [0.29, 0.717) is 4.88 Å². The van der Waals surface area contributed by atoms with Gasteiger partial charge in [0.05, 0.1) is 5.69 Å². The van der Waals surface area contributed by atoms with Crippen molar-refractivity contribution in [2.75, 3.05) is 5.32 Å². The number of aromatic nitrogens is 2. The number of nitrogens with zero attached hydrogens (tertiary/aromatic N) is 2. The van der Waals surface area contributed by atoms with Gasteiger partial charge in [0.1, 0.15) is 4.88 Å². The Labute approximate surface area is 183 Å². The third-order valence-corrected chi connectivity index (χ3v) is 7.04. The van der Waals surface area contributed by atoms with Crippen molar-refractivity contribution in [1.82, 2.24) is 9.38 Å². The zero-order chi connectivity index (χ0) is 20.9. The molecule has 2 heterocycles. The number of thiazole rings is 1. The molecule has 1 amide bonds. The molecule has 150 valence electrons. The SMILES string of the molecule is Cc1c(C(=O)Nc2ccc3c(c2)Cc2ccccc2-3)sc2nc(-c3ccccc3)cn12. The van der Waals surface area contributed by atoms with Crippen LogP contribution in [-0.4, -0.2) is 15.3 Å². The predicted octanol–water partition coefficient (Wildman–Crippen LogP) is 6.19. The number of fused-ring (bicyclic) bond motifs is 4. The van der Waals surface area contributed by atoms with Crippen molar-refractivity contribution in [3.63, 3.8) is 0 Å². The molecule has 5 aromatic rings. The van der Waals surface area contributed by atoms with Crippen LogP contribution in [0.4, 0.5) is 5.69 Å². The van der Waals surface area contributed by atoms with Crippen LogP contribution in [0.15, 0.2) is 79.0 Å². The molecular weight excluding hydrogens is 402 g/mol. The molecule has 1 aliphatic rings. The summed E-state index contributed by atoms with van der Waals surface area (Å²) in [4.78, 5) is 19.3. The van der Waals surface area contributed by atoms with Gasteiger partial charge in [-0.2, -0.15) is 0 Å². The Morgan fingerprint density at radius 1 is 0.968 bits per heavy atom. The van der Waals surface area contributed by atoms with Gasteiger partial charge in [-0.05, 0) is 47.7 Å². The van der Waals surface area contributed by atoms with E-state index in [4.69, 9.17) is 4.98 Å². The third kappa shape index (κ3) is 2.97. The van der Waals surface area contributed by atoms with E-state index >= 15 is 0 Å². The number of hydrogen-bond acceptors (Lipinski definition) is 3. The minimum absolute atomic E-state index is 0.0928. The van der Waals surface area contributed by atoms with Gasteiger partial charge >= 0.3 is 0 Å². The Morgan fingerprint density at radius 2 is 1.74 bits per heavy atom. The van der Waals surface area contributed by atoms with E-state index in [2.05, 4.69) is 41.7 Å². The first-order valence-corrected chi connectivity index (χ1v) is 11.1. The van der Waals surface area contributed by atoms with Crippen LogP contribution >= 0.6 is 11.3 Å². The van der Waals surface area contributed by atoms with Gasteiger partial charge in [0.2, 0.25) is 0 Å². The highest BCUT2D eigenvalue weighted by Crippen LogP contribution is 2.37. The molecule has 2 aromatic heterocycles. The second kappa shape index (κ2) is 6.93. The maximum absolute atomic E-state index is 13.0. The highest BCUT2D eigenvalue weighted by Gasteiger charge is 2.21. The zero-order valence-electron chi connectivity index (χ0n) is 16.9. The molecule has 0 saturated carbocycles.